The maximum Gasteiger partial charge on any atom is 0.222 e. The van der Waals surface area contributed by atoms with Gasteiger partial charge >= 0.3 is 0 Å². The van der Waals surface area contributed by atoms with Crippen molar-refractivity contribution in [3.8, 4) is 0 Å². The molecule has 1 unspecified atom stereocenters. The number of amides is 1. The van der Waals surface area contributed by atoms with E-state index in [2.05, 4.69) is 24.1 Å². The number of hydrogen-bond donors (Lipinski definition) is 1. The molecule has 2 aliphatic rings. The summed E-state index contributed by atoms with van der Waals surface area (Å²) in [6, 6.07) is 0.636. The minimum absolute atomic E-state index is 0.107. The zero-order valence-electron chi connectivity index (χ0n) is 11.6. The summed E-state index contributed by atoms with van der Waals surface area (Å²) in [6.07, 6.45) is 3.61. The van der Waals surface area contributed by atoms with E-state index >= 15 is 0 Å². The Labute approximate surface area is 105 Å². The molecule has 0 radical (unpaired) electrons. The second-order valence-electron chi connectivity index (χ2n) is 6.37. The number of likely N-dealkylation sites (tertiary alicyclic amines) is 1. The molecule has 0 spiro atoms. The second kappa shape index (κ2) is 4.60. The molecule has 0 aromatic rings. The van der Waals surface area contributed by atoms with Crippen LogP contribution in [0.5, 0.6) is 0 Å². The van der Waals surface area contributed by atoms with Gasteiger partial charge in [-0.2, -0.15) is 0 Å². The lowest BCUT2D eigenvalue weighted by atomic mass is 9.95. The third-order valence-corrected chi connectivity index (χ3v) is 4.42. The molecule has 1 N–H and O–H groups in total. The van der Waals surface area contributed by atoms with E-state index in [-0.39, 0.29) is 17.4 Å². The molecule has 2 rings (SSSR count). The van der Waals surface area contributed by atoms with Crippen molar-refractivity contribution in [3.05, 3.63) is 0 Å². The van der Waals surface area contributed by atoms with Gasteiger partial charge in [0.2, 0.25) is 5.91 Å². The second-order valence-corrected chi connectivity index (χ2v) is 6.37. The number of carbonyl (C=O) groups is 1. The molecule has 3 nitrogen and oxygen atoms in total. The standard InChI is InChI=1S/C14H26N2O/c1-10(2)13(17)15-14(6-7-14)12-5-8-16(9-12)11(3)4/h10-12H,5-9H2,1-4H3,(H,15,17). The molecule has 1 heterocycles. The molecule has 3 heteroatoms. The first kappa shape index (κ1) is 12.9. The summed E-state index contributed by atoms with van der Waals surface area (Å²) in [7, 11) is 0. The van der Waals surface area contributed by atoms with Gasteiger partial charge in [0.15, 0.2) is 0 Å². The highest BCUT2D eigenvalue weighted by atomic mass is 16.2. The third kappa shape index (κ3) is 2.65. The largest absolute Gasteiger partial charge is 0.350 e. The average molecular weight is 238 g/mol. The number of carbonyl (C=O) groups excluding carboxylic acids is 1. The van der Waals surface area contributed by atoms with Gasteiger partial charge in [0, 0.05) is 24.0 Å². The van der Waals surface area contributed by atoms with Crippen molar-refractivity contribution in [2.75, 3.05) is 13.1 Å². The molecule has 1 aliphatic heterocycles. The molecule has 1 saturated carbocycles. The Kier molecular flexibility index (Phi) is 3.48. The number of nitrogens with zero attached hydrogens (tertiary/aromatic N) is 1. The summed E-state index contributed by atoms with van der Waals surface area (Å²) in [5.74, 6) is 1.01. The summed E-state index contributed by atoms with van der Waals surface area (Å²) >= 11 is 0. The van der Waals surface area contributed by atoms with Crippen LogP contribution in [0.15, 0.2) is 0 Å². The molecule has 17 heavy (non-hydrogen) atoms. The Hall–Kier alpha value is -0.570. The predicted octanol–water partition coefficient (Wildman–Crippen LogP) is 2.02. The minimum Gasteiger partial charge on any atom is -0.350 e. The van der Waals surface area contributed by atoms with Crippen molar-refractivity contribution in [1.29, 1.82) is 0 Å². The molecule has 98 valence electrons. The maximum atomic E-state index is 11.8. The van der Waals surface area contributed by atoms with Gasteiger partial charge in [0.05, 0.1) is 0 Å². The van der Waals surface area contributed by atoms with Gasteiger partial charge in [-0.3, -0.25) is 4.79 Å². The van der Waals surface area contributed by atoms with E-state index in [4.69, 9.17) is 0 Å². The Morgan fingerprint density at radius 2 is 1.94 bits per heavy atom. The maximum absolute atomic E-state index is 11.8. The summed E-state index contributed by atoms with van der Waals surface area (Å²) < 4.78 is 0. The first-order chi connectivity index (χ1) is 7.94. The topological polar surface area (TPSA) is 32.3 Å². The van der Waals surface area contributed by atoms with Crippen LogP contribution in [0.1, 0.15) is 47.0 Å². The van der Waals surface area contributed by atoms with Crippen LogP contribution >= 0.6 is 0 Å². The van der Waals surface area contributed by atoms with Crippen LogP contribution < -0.4 is 5.32 Å². The Morgan fingerprint density at radius 1 is 1.29 bits per heavy atom. The molecule has 1 aliphatic carbocycles. The predicted molar refractivity (Wildman–Crippen MR) is 69.8 cm³/mol. The van der Waals surface area contributed by atoms with E-state index < -0.39 is 0 Å². The third-order valence-electron chi connectivity index (χ3n) is 4.42. The van der Waals surface area contributed by atoms with E-state index in [0.717, 1.165) is 6.54 Å². The van der Waals surface area contributed by atoms with Crippen LogP contribution in [0.25, 0.3) is 0 Å². The van der Waals surface area contributed by atoms with Crippen LogP contribution in [0.3, 0.4) is 0 Å². The number of nitrogens with one attached hydrogen (secondary N) is 1. The lowest BCUT2D eigenvalue weighted by molar-refractivity contribution is -0.125. The summed E-state index contributed by atoms with van der Waals surface area (Å²) in [4.78, 5) is 14.4. The van der Waals surface area contributed by atoms with Crippen molar-refractivity contribution in [2.45, 2.75) is 58.5 Å². The van der Waals surface area contributed by atoms with Crippen LogP contribution in [-0.4, -0.2) is 35.5 Å². The Bertz CT molecular complexity index is 295. The van der Waals surface area contributed by atoms with E-state index in [1.807, 2.05) is 13.8 Å². The lowest BCUT2D eigenvalue weighted by Gasteiger charge is -2.27. The van der Waals surface area contributed by atoms with E-state index in [0.29, 0.717) is 12.0 Å². The summed E-state index contributed by atoms with van der Waals surface area (Å²) in [5, 5.41) is 3.30. The van der Waals surface area contributed by atoms with E-state index in [1.54, 1.807) is 0 Å². The van der Waals surface area contributed by atoms with Gasteiger partial charge < -0.3 is 10.2 Å². The van der Waals surface area contributed by atoms with Gasteiger partial charge in [0.25, 0.3) is 0 Å². The van der Waals surface area contributed by atoms with Crippen LogP contribution in [0.4, 0.5) is 0 Å². The fourth-order valence-corrected chi connectivity index (χ4v) is 2.87. The highest BCUT2D eigenvalue weighted by Gasteiger charge is 2.52. The molecule has 1 atom stereocenters. The molecule has 1 saturated heterocycles. The zero-order valence-corrected chi connectivity index (χ0v) is 11.6. The van der Waals surface area contributed by atoms with E-state index in [9.17, 15) is 4.79 Å². The minimum atomic E-state index is 0.107. The fraction of sp³-hybridized carbons (Fsp3) is 0.929. The lowest BCUT2D eigenvalue weighted by Crippen LogP contribution is -2.45. The molecular formula is C14H26N2O. The van der Waals surface area contributed by atoms with Gasteiger partial charge in [-0.1, -0.05) is 13.8 Å². The molecule has 0 bridgehead atoms. The first-order valence-electron chi connectivity index (χ1n) is 7.01. The van der Waals surface area contributed by atoms with Crippen molar-refractivity contribution in [1.82, 2.24) is 10.2 Å². The van der Waals surface area contributed by atoms with Crippen molar-refractivity contribution < 1.29 is 4.79 Å². The molecule has 1 amide bonds. The van der Waals surface area contributed by atoms with Crippen LogP contribution in [-0.2, 0) is 4.79 Å². The van der Waals surface area contributed by atoms with Gasteiger partial charge in [-0.25, -0.2) is 0 Å². The highest BCUT2D eigenvalue weighted by Crippen LogP contribution is 2.46. The van der Waals surface area contributed by atoms with Crippen LogP contribution in [0.2, 0.25) is 0 Å². The van der Waals surface area contributed by atoms with Gasteiger partial charge in [0.1, 0.15) is 0 Å². The van der Waals surface area contributed by atoms with E-state index in [1.165, 1.54) is 25.8 Å². The zero-order chi connectivity index (χ0) is 12.6. The normalized spacial score (nSPS) is 27.8. The fourth-order valence-electron chi connectivity index (χ4n) is 2.87. The molecule has 2 fully saturated rings. The van der Waals surface area contributed by atoms with Crippen molar-refractivity contribution in [2.24, 2.45) is 11.8 Å². The molecular weight excluding hydrogens is 212 g/mol. The quantitative estimate of drug-likeness (QED) is 0.812. The first-order valence-corrected chi connectivity index (χ1v) is 7.01. The summed E-state index contributed by atoms with van der Waals surface area (Å²) in [6.45, 7) is 10.8. The highest BCUT2D eigenvalue weighted by molar-refractivity contribution is 5.79. The number of rotatable bonds is 4. The molecule has 0 aromatic heterocycles. The summed E-state index contributed by atoms with van der Waals surface area (Å²) in [5.41, 5.74) is 0.158. The Balaban J connectivity index is 1.92. The van der Waals surface area contributed by atoms with Gasteiger partial charge in [-0.05, 0) is 45.6 Å². The SMILES string of the molecule is CC(C)C(=O)NC1(C2CCN(C(C)C)C2)CC1. The Morgan fingerprint density at radius 3 is 2.35 bits per heavy atom. The van der Waals surface area contributed by atoms with Crippen LogP contribution in [0, 0.1) is 11.8 Å². The van der Waals surface area contributed by atoms with Gasteiger partial charge in [-0.15, -0.1) is 0 Å². The van der Waals surface area contributed by atoms with Crippen molar-refractivity contribution in [3.63, 3.8) is 0 Å². The smallest absolute Gasteiger partial charge is 0.222 e. The van der Waals surface area contributed by atoms with Crippen molar-refractivity contribution >= 4 is 5.91 Å². The number of hydrogen-bond acceptors (Lipinski definition) is 2. The monoisotopic (exact) mass is 238 g/mol. The average Bonchev–Trinajstić information content (AvgIpc) is 2.85. The molecule has 0 aromatic carbocycles.